The zero-order valence-electron chi connectivity index (χ0n) is 13.1. The minimum absolute atomic E-state index is 0.264. The molecule has 1 aliphatic rings. The summed E-state index contributed by atoms with van der Waals surface area (Å²) in [7, 11) is 0. The Labute approximate surface area is 149 Å². The highest BCUT2D eigenvalue weighted by Gasteiger charge is 2.36. The van der Waals surface area contributed by atoms with Crippen LogP contribution in [0.3, 0.4) is 0 Å². The number of amides is 2. The van der Waals surface area contributed by atoms with Crippen LogP contribution in [-0.2, 0) is 9.59 Å². The molecule has 24 heavy (non-hydrogen) atoms. The fraction of sp³-hybridized carbons (Fsp3) is 0.438. The van der Waals surface area contributed by atoms with Crippen molar-refractivity contribution in [2.24, 2.45) is 0 Å². The molecule has 0 aromatic heterocycles. The first-order chi connectivity index (χ1) is 11.3. The van der Waals surface area contributed by atoms with Crippen LogP contribution in [0, 0.1) is 0 Å². The van der Waals surface area contributed by atoms with E-state index in [4.69, 9.17) is 28.3 Å². The van der Waals surface area contributed by atoms with Crippen molar-refractivity contribution < 1.29 is 19.5 Å². The van der Waals surface area contributed by atoms with Crippen LogP contribution in [0.25, 0.3) is 0 Å². The van der Waals surface area contributed by atoms with E-state index in [2.05, 4.69) is 5.32 Å². The topological polar surface area (TPSA) is 86.7 Å². The predicted octanol–water partition coefficient (Wildman–Crippen LogP) is 2.58. The zero-order valence-corrected chi connectivity index (χ0v) is 14.6. The van der Waals surface area contributed by atoms with E-state index in [-0.39, 0.29) is 17.4 Å². The summed E-state index contributed by atoms with van der Waals surface area (Å²) in [5.74, 6) is -1.86. The van der Waals surface area contributed by atoms with Gasteiger partial charge in [-0.05, 0) is 37.5 Å². The van der Waals surface area contributed by atoms with E-state index in [9.17, 15) is 14.4 Å². The van der Waals surface area contributed by atoms with Gasteiger partial charge >= 0.3 is 5.97 Å². The van der Waals surface area contributed by atoms with Crippen molar-refractivity contribution in [3.8, 4) is 0 Å². The summed E-state index contributed by atoms with van der Waals surface area (Å²) in [5.41, 5.74) is 0.342. The Bertz CT molecular complexity index is 665. The van der Waals surface area contributed by atoms with Crippen molar-refractivity contribution in [1.29, 1.82) is 0 Å². The molecule has 6 nitrogen and oxygen atoms in total. The Morgan fingerprint density at radius 3 is 2.62 bits per heavy atom. The molecule has 2 N–H and O–H groups in total. The number of carbonyl (C=O) groups is 3. The number of likely N-dealkylation sites (tertiary alicyclic amines) is 1. The second kappa shape index (κ2) is 7.85. The lowest BCUT2D eigenvalue weighted by atomic mass is 10.1. The van der Waals surface area contributed by atoms with Gasteiger partial charge in [0.05, 0.1) is 10.0 Å². The van der Waals surface area contributed by atoms with Crippen molar-refractivity contribution in [2.75, 3.05) is 6.54 Å². The molecular weight excluding hydrogens is 355 g/mol. The molecule has 1 aliphatic heterocycles. The number of carbonyl (C=O) groups excluding carboxylic acids is 2. The van der Waals surface area contributed by atoms with Crippen molar-refractivity contribution in [1.82, 2.24) is 10.2 Å². The van der Waals surface area contributed by atoms with Crippen LogP contribution in [0.2, 0.25) is 10.0 Å². The molecule has 130 valence electrons. The molecule has 2 rings (SSSR count). The molecule has 2 unspecified atom stereocenters. The number of hydrogen-bond acceptors (Lipinski definition) is 3. The summed E-state index contributed by atoms with van der Waals surface area (Å²) < 4.78 is 0. The van der Waals surface area contributed by atoms with Crippen LogP contribution in [0.4, 0.5) is 0 Å². The number of carboxylic acid groups (broad SMARTS) is 1. The SMILES string of the molecule is CCC(NC(=O)C1CCCN1C(=O)c1ccc(Cl)c(Cl)c1)C(=O)O. The van der Waals surface area contributed by atoms with Gasteiger partial charge in [0, 0.05) is 12.1 Å². The summed E-state index contributed by atoms with van der Waals surface area (Å²) in [6, 6.07) is 2.90. The van der Waals surface area contributed by atoms with E-state index in [1.807, 2.05) is 0 Å². The van der Waals surface area contributed by atoms with Gasteiger partial charge in [-0.3, -0.25) is 9.59 Å². The van der Waals surface area contributed by atoms with Crippen LogP contribution in [0.15, 0.2) is 18.2 Å². The predicted molar refractivity (Wildman–Crippen MR) is 90.4 cm³/mol. The van der Waals surface area contributed by atoms with Crippen LogP contribution in [0.1, 0.15) is 36.5 Å². The first-order valence-electron chi connectivity index (χ1n) is 7.64. The molecule has 1 aromatic carbocycles. The lowest BCUT2D eigenvalue weighted by molar-refractivity contribution is -0.142. The summed E-state index contributed by atoms with van der Waals surface area (Å²) in [6.07, 6.45) is 1.44. The minimum Gasteiger partial charge on any atom is -0.480 e. The van der Waals surface area contributed by atoms with E-state index in [1.165, 1.54) is 17.0 Å². The Morgan fingerprint density at radius 2 is 2.04 bits per heavy atom. The van der Waals surface area contributed by atoms with Crippen LogP contribution in [0.5, 0.6) is 0 Å². The molecule has 1 saturated heterocycles. The van der Waals surface area contributed by atoms with Crippen molar-refractivity contribution in [2.45, 2.75) is 38.3 Å². The van der Waals surface area contributed by atoms with Crippen LogP contribution >= 0.6 is 23.2 Å². The van der Waals surface area contributed by atoms with Crippen LogP contribution < -0.4 is 5.32 Å². The van der Waals surface area contributed by atoms with E-state index in [1.54, 1.807) is 13.0 Å². The molecule has 0 saturated carbocycles. The molecule has 0 radical (unpaired) electrons. The van der Waals surface area contributed by atoms with Gasteiger partial charge in [-0.1, -0.05) is 30.1 Å². The Balaban J connectivity index is 2.14. The highest BCUT2D eigenvalue weighted by Crippen LogP contribution is 2.26. The fourth-order valence-corrected chi connectivity index (χ4v) is 2.98. The van der Waals surface area contributed by atoms with E-state index >= 15 is 0 Å². The molecule has 2 atom stereocenters. The smallest absolute Gasteiger partial charge is 0.326 e. The van der Waals surface area contributed by atoms with Crippen LogP contribution in [-0.4, -0.2) is 46.4 Å². The number of benzene rings is 1. The monoisotopic (exact) mass is 372 g/mol. The van der Waals surface area contributed by atoms with Gasteiger partial charge in [-0.2, -0.15) is 0 Å². The summed E-state index contributed by atoms with van der Waals surface area (Å²) in [5, 5.41) is 12.1. The van der Waals surface area contributed by atoms with Gasteiger partial charge in [0.15, 0.2) is 0 Å². The van der Waals surface area contributed by atoms with Gasteiger partial charge in [0.2, 0.25) is 5.91 Å². The highest BCUT2D eigenvalue weighted by atomic mass is 35.5. The minimum atomic E-state index is -1.09. The van der Waals surface area contributed by atoms with Gasteiger partial charge in [0.1, 0.15) is 12.1 Å². The second-order valence-corrected chi connectivity index (χ2v) is 6.41. The third-order valence-electron chi connectivity index (χ3n) is 4.01. The molecule has 1 heterocycles. The highest BCUT2D eigenvalue weighted by molar-refractivity contribution is 6.42. The second-order valence-electron chi connectivity index (χ2n) is 5.59. The lowest BCUT2D eigenvalue weighted by Crippen LogP contribution is -2.50. The third kappa shape index (κ3) is 3.99. The largest absolute Gasteiger partial charge is 0.480 e. The molecular formula is C16H18Cl2N2O4. The number of carboxylic acids is 1. The summed E-state index contributed by atoms with van der Waals surface area (Å²) >= 11 is 11.8. The van der Waals surface area contributed by atoms with Crippen molar-refractivity contribution >= 4 is 41.0 Å². The average molecular weight is 373 g/mol. The van der Waals surface area contributed by atoms with Gasteiger partial charge < -0.3 is 15.3 Å². The number of rotatable bonds is 5. The maximum absolute atomic E-state index is 12.6. The quantitative estimate of drug-likeness (QED) is 0.831. The fourth-order valence-electron chi connectivity index (χ4n) is 2.68. The summed E-state index contributed by atoms with van der Waals surface area (Å²) in [6.45, 7) is 2.10. The van der Waals surface area contributed by atoms with E-state index < -0.39 is 24.0 Å². The van der Waals surface area contributed by atoms with Crippen molar-refractivity contribution in [3.05, 3.63) is 33.8 Å². The number of aliphatic carboxylic acids is 1. The normalized spacial score (nSPS) is 18.3. The number of nitrogens with one attached hydrogen (secondary N) is 1. The van der Waals surface area contributed by atoms with Gasteiger partial charge in [-0.25, -0.2) is 4.79 Å². The van der Waals surface area contributed by atoms with Gasteiger partial charge in [0.25, 0.3) is 5.91 Å². The molecule has 8 heteroatoms. The Hall–Kier alpha value is -1.79. The van der Waals surface area contributed by atoms with E-state index in [0.29, 0.717) is 30.0 Å². The van der Waals surface area contributed by atoms with Gasteiger partial charge in [-0.15, -0.1) is 0 Å². The average Bonchev–Trinajstić information content (AvgIpc) is 3.03. The summed E-state index contributed by atoms with van der Waals surface area (Å²) in [4.78, 5) is 37.5. The Morgan fingerprint density at radius 1 is 1.33 bits per heavy atom. The third-order valence-corrected chi connectivity index (χ3v) is 4.74. The van der Waals surface area contributed by atoms with E-state index in [0.717, 1.165) is 0 Å². The zero-order chi connectivity index (χ0) is 17.9. The first-order valence-corrected chi connectivity index (χ1v) is 8.40. The first kappa shape index (κ1) is 18.5. The number of nitrogens with zero attached hydrogens (tertiary/aromatic N) is 1. The standard InChI is InChI=1S/C16H18Cl2N2O4/c1-2-12(16(23)24)19-14(21)13-4-3-7-20(13)15(22)9-5-6-10(17)11(18)8-9/h5-6,8,12-13H,2-4,7H2,1H3,(H,19,21)(H,23,24). The number of hydrogen-bond donors (Lipinski definition) is 2. The molecule has 0 bridgehead atoms. The lowest BCUT2D eigenvalue weighted by Gasteiger charge is -2.25. The molecule has 1 fully saturated rings. The number of halogens is 2. The van der Waals surface area contributed by atoms with Crippen molar-refractivity contribution in [3.63, 3.8) is 0 Å². The molecule has 0 aliphatic carbocycles. The molecule has 0 spiro atoms. The molecule has 1 aromatic rings. The molecule has 2 amide bonds. The maximum Gasteiger partial charge on any atom is 0.326 e. The maximum atomic E-state index is 12.6. The Kier molecular flexibility index (Phi) is 6.07.